The van der Waals surface area contributed by atoms with E-state index in [9.17, 15) is 9.18 Å². The summed E-state index contributed by atoms with van der Waals surface area (Å²) in [7, 11) is 0. The number of rotatable bonds is 4. The lowest BCUT2D eigenvalue weighted by atomic mass is 9.82. The zero-order valence-corrected chi connectivity index (χ0v) is 11.9. The van der Waals surface area contributed by atoms with Crippen LogP contribution in [0, 0.1) is 17.1 Å². The maximum Gasteiger partial charge on any atom is 0.123 e. The van der Waals surface area contributed by atoms with Gasteiger partial charge in [-0.25, -0.2) is 4.39 Å². The van der Waals surface area contributed by atoms with Crippen molar-refractivity contribution in [3.05, 3.63) is 70.5 Å². The Labute approximate surface area is 128 Å². The van der Waals surface area contributed by atoms with Gasteiger partial charge in [0.15, 0.2) is 0 Å². The van der Waals surface area contributed by atoms with Crippen molar-refractivity contribution in [2.24, 2.45) is 0 Å². The van der Waals surface area contributed by atoms with Crippen LogP contribution in [0.1, 0.15) is 35.1 Å². The van der Waals surface area contributed by atoms with Crippen LogP contribution in [0.4, 0.5) is 4.39 Å². The molecule has 110 valence electrons. The third-order valence-electron chi connectivity index (χ3n) is 4.07. The van der Waals surface area contributed by atoms with Gasteiger partial charge in [-0.15, -0.1) is 0 Å². The topological polar surface area (TPSA) is 50.1 Å². The van der Waals surface area contributed by atoms with Gasteiger partial charge in [-0.3, -0.25) is 0 Å². The molecule has 0 radical (unpaired) electrons. The lowest BCUT2D eigenvalue weighted by Gasteiger charge is -2.30. The van der Waals surface area contributed by atoms with Gasteiger partial charge < -0.3 is 9.53 Å². The van der Waals surface area contributed by atoms with E-state index in [0.717, 1.165) is 23.0 Å². The molecular weight excluding hydrogens is 281 g/mol. The number of carbonyl (C=O) groups is 1. The number of nitrogens with zero attached hydrogens (tertiary/aromatic N) is 1. The molecule has 1 aliphatic rings. The molecule has 0 saturated carbocycles. The number of carbonyl (C=O) groups excluding carboxylic acids is 1. The second-order valence-corrected chi connectivity index (χ2v) is 5.31. The fourth-order valence-electron chi connectivity index (χ4n) is 3.03. The van der Waals surface area contributed by atoms with Gasteiger partial charge in [0.25, 0.3) is 0 Å². The third-order valence-corrected chi connectivity index (χ3v) is 4.07. The molecule has 0 spiro atoms. The van der Waals surface area contributed by atoms with Crippen LogP contribution in [-0.2, 0) is 21.7 Å². The summed E-state index contributed by atoms with van der Waals surface area (Å²) in [5, 5.41) is 9.01. The highest BCUT2D eigenvalue weighted by molar-refractivity contribution is 5.52. The number of fused-ring (bicyclic) bond motifs is 1. The molecule has 0 aromatic heterocycles. The molecule has 2 aromatic rings. The van der Waals surface area contributed by atoms with Crippen molar-refractivity contribution in [2.75, 3.05) is 0 Å². The van der Waals surface area contributed by atoms with Crippen molar-refractivity contribution in [1.29, 1.82) is 5.26 Å². The summed E-state index contributed by atoms with van der Waals surface area (Å²) in [5.74, 6) is -0.313. The van der Waals surface area contributed by atoms with Crippen LogP contribution in [0.15, 0.2) is 42.5 Å². The highest BCUT2D eigenvalue weighted by atomic mass is 19.1. The van der Waals surface area contributed by atoms with Gasteiger partial charge in [-0.2, -0.15) is 5.26 Å². The highest BCUT2D eigenvalue weighted by Gasteiger charge is 2.41. The molecule has 0 N–H and O–H groups in total. The van der Waals surface area contributed by atoms with E-state index in [-0.39, 0.29) is 5.82 Å². The number of hydrogen-bond donors (Lipinski definition) is 0. The zero-order chi connectivity index (χ0) is 15.6. The first-order chi connectivity index (χ1) is 10.7. The molecule has 0 aliphatic carbocycles. The quantitative estimate of drug-likeness (QED) is 0.812. The smallest absolute Gasteiger partial charge is 0.123 e. The number of nitriles is 1. The van der Waals surface area contributed by atoms with E-state index in [0.29, 0.717) is 25.0 Å². The molecule has 22 heavy (non-hydrogen) atoms. The average Bonchev–Trinajstić information content (AvgIpc) is 2.92. The Morgan fingerprint density at radius 1 is 1.27 bits per heavy atom. The summed E-state index contributed by atoms with van der Waals surface area (Å²) in [4.78, 5) is 10.8. The molecule has 3 nitrogen and oxygen atoms in total. The summed E-state index contributed by atoms with van der Waals surface area (Å²) in [6.45, 7) is 0.376. The lowest BCUT2D eigenvalue weighted by molar-refractivity contribution is -0.109. The van der Waals surface area contributed by atoms with E-state index in [1.165, 1.54) is 12.1 Å². The summed E-state index contributed by atoms with van der Waals surface area (Å²) in [6, 6.07) is 13.7. The highest BCUT2D eigenvalue weighted by Crippen LogP contribution is 2.45. The molecular formula is C18H14FNO2. The maximum atomic E-state index is 13.2. The van der Waals surface area contributed by atoms with Crippen LogP contribution < -0.4 is 0 Å². The minimum atomic E-state index is -0.752. The van der Waals surface area contributed by atoms with E-state index in [1.54, 1.807) is 18.2 Å². The fraction of sp³-hybridized carbons (Fsp3) is 0.222. The molecule has 1 aliphatic heterocycles. The normalized spacial score (nSPS) is 19.5. The Morgan fingerprint density at radius 3 is 2.73 bits per heavy atom. The second kappa shape index (κ2) is 5.70. The Hall–Kier alpha value is -2.51. The summed E-state index contributed by atoms with van der Waals surface area (Å²) >= 11 is 0. The molecule has 2 aromatic carbocycles. The fourth-order valence-corrected chi connectivity index (χ4v) is 3.03. The SMILES string of the molecule is N#Cc1ccc2c(c1)CO[C@@]2(CCC=O)c1ccc(F)cc1. The van der Waals surface area contributed by atoms with Gasteiger partial charge in [0.1, 0.15) is 17.7 Å². The van der Waals surface area contributed by atoms with Crippen LogP contribution in [-0.4, -0.2) is 6.29 Å². The minimum Gasteiger partial charge on any atom is -0.361 e. The maximum absolute atomic E-state index is 13.2. The Balaban J connectivity index is 2.12. The lowest BCUT2D eigenvalue weighted by Crippen LogP contribution is -2.27. The van der Waals surface area contributed by atoms with Crippen LogP contribution in [0.2, 0.25) is 0 Å². The van der Waals surface area contributed by atoms with E-state index in [2.05, 4.69) is 6.07 Å². The van der Waals surface area contributed by atoms with Gasteiger partial charge in [-0.1, -0.05) is 18.2 Å². The Kier molecular flexibility index (Phi) is 3.74. The van der Waals surface area contributed by atoms with E-state index >= 15 is 0 Å². The minimum absolute atomic E-state index is 0.313. The predicted molar refractivity (Wildman–Crippen MR) is 78.4 cm³/mol. The van der Waals surface area contributed by atoms with Crippen LogP contribution >= 0.6 is 0 Å². The van der Waals surface area contributed by atoms with Crippen molar-refractivity contribution >= 4 is 6.29 Å². The molecule has 1 atom stereocenters. The van der Waals surface area contributed by atoms with Gasteiger partial charge in [0, 0.05) is 6.42 Å². The molecule has 1 heterocycles. The molecule has 0 fully saturated rings. The molecule has 0 amide bonds. The average molecular weight is 295 g/mol. The van der Waals surface area contributed by atoms with Crippen molar-refractivity contribution in [3.8, 4) is 6.07 Å². The molecule has 0 bridgehead atoms. The van der Waals surface area contributed by atoms with Gasteiger partial charge in [0.2, 0.25) is 0 Å². The monoisotopic (exact) mass is 295 g/mol. The molecule has 4 heteroatoms. The number of hydrogen-bond acceptors (Lipinski definition) is 3. The number of ether oxygens (including phenoxy) is 1. The van der Waals surface area contributed by atoms with Gasteiger partial charge in [-0.05, 0) is 47.4 Å². The van der Waals surface area contributed by atoms with Gasteiger partial charge in [0.05, 0.1) is 18.2 Å². The molecule has 0 saturated heterocycles. The first-order valence-corrected chi connectivity index (χ1v) is 7.07. The second-order valence-electron chi connectivity index (χ2n) is 5.31. The Morgan fingerprint density at radius 2 is 2.05 bits per heavy atom. The summed E-state index contributed by atoms with van der Waals surface area (Å²) in [6.07, 6.45) is 1.69. The molecule has 3 rings (SSSR count). The first-order valence-electron chi connectivity index (χ1n) is 7.07. The number of halogens is 1. The largest absolute Gasteiger partial charge is 0.361 e. The van der Waals surface area contributed by atoms with E-state index in [1.807, 2.05) is 12.1 Å². The molecule has 0 unspecified atom stereocenters. The van der Waals surface area contributed by atoms with E-state index in [4.69, 9.17) is 10.00 Å². The third kappa shape index (κ3) is 2.30. The van der Waals surface area contributed by atoms with Crippen LogP contribution in [0.5, 0.6) is 0 Å². The summed E-state index contributed by atoms with van der Waals surface area (Å²) in [5.41, 5.74) is 2.53. The van der Waals surface area contributed by atoms with E-state index < -0.39 is 5.60 Å². The van der Waals surface area contributed by atoms with Crippen LogP contribution in [0.25, 0.3) is 0 Å². The van der Waals surface area contributed by atoms with Crippen molar-refractivity contribution in [3.63, 3.8) is 0 Å². The van der Waals surface area contributed by atoms with Crippen LogP contribution in [0.3, 0.4) is 0 Å². The van der Waals surface area contributed by atoms with Gasteiger partial charge >= 0.3 is 0 Å². The standard InChI is InChI=1S/C18H14FNO2/c19-16-5-3-15(4-6-16)18(8-1-9-21)17-7-2-13(11-20)10-14(17)12-22-18/h2-7,9-10H,1,8,12H2/t18-/m0/s1. The Bertz CT molecular complexity index is 749. The van der Waals surface area contributed by atoms with Crippen molar-refractivity contribution in [2.45, 2.75) is 25.0 Å². The predicted octanol–water partition coefficient (Wildman–Crippen LogP) is 3.45. The zero-order valence-electron chi connectivity index (χ0n) is 11.9. The number of benzene rings is 2. The van der Waals surface area contributed by atoms with Crippen molar-refractivity contribution < 1.29 is 13.9 Å². The summed E-state index contributed by atoms with van der Waals surface area (Å²) < 4.78 is 19.3. The number of aldehydes is 1. The first kappa shape index (κ1) is 14.4. The van der Waals surface area contributed by atoms with Crippen molar-refractivity contribution in [1.82, 2.24) is 0 Å².